The highest BCUT2D eigenvalue weighted by Crippen LogP contribution is 2.24. The second-order valence-corrected chi connectivity index (χ2v) is 8.24. The third-order valence-corrected chi connectivity index (χ3v) is 5.88. The lowest BCUT2D eigenvalue weighted by Crippen LogP contribution is -2.22. The lowest BCUT2D eigenvalue weighted by atomic mass is 10.2. The molecule has 3 heterocycles. The van der Waals surface area contributed by atoms with Crippen molar-refractivity contribution in [2.45, 2.75) is 12.5 Å². The van der Waals surface area contributed by atoms with E-state index in [2.05, 4.69) is 25.6 Å². The van der Waals surface area contributed by atoms with E-state index in [0.29, 0.717) is 18.2 Å². The molecule has 2 aromatic heterocycles. The number of sulfone groups is 1. The van der Waals surface area contributed by atoms with E-state index in [1.165, 1.54) is 0 Å². The molecule has 0 spiro atoms. The molecular formula is C17H17N5O2S. The Morgan fingerprint density at radius 1 is 1.04 bits per heavy atom. The zero-order chi connectivity index (χ0) is 17.3. The maximum atomic E-state index is 11.6. The zero-order valence-electron chi connectivity index (χ0n) is 13.4. The van der Waals surface area contributed by atoms with Gasteiger partial charge in [-0.25, -0.2) is 13.4 Å². The monoisotopic (exact) mass is 355 g/mol. The van der Waals surface area contributed by atoms with Gasteiger partial charge in [-0.1, -0.05) is 18.2 Å². The Labute approximate surface area is 145 Å². The van der Waals surface area contributed by atoms with E-state index >= 15 is 0 Å². The Hall–Kier alpha value is -2.74. The second-order valence-electron chi connectivity index (χ2n) is 6.02. The first-order valence-corrected chi connectivity index (χ1v) is 9.82. The average Bonchev–Trinajstić information content (AvgIpc) is 2.94. The Balaban J connectivity index is 1.55. The van der Waals surface area contributed by atoms with Gasteiger partial charge in [0.1, 0.15) is 5.82 Å². The molecule has 8 heteroatoms. The van der Waals surface area contributed by atoms with Gasteiger partial charge in [0.2, 0.25) is 5.95 Å². The lowest BCUT2D eigenvalue weighted by Gasteiger charge is -2.12. The predicted molar refractivity (Wildman–Crippen MR) is 97.7 cm³/mol. The smallest absolute Gasteiger partial charge is 0.224 e. The van der Waals surface area contributed by atoms with Crippen LogP contribution in [-0.4, -0.2) is 40.9 Å². The van der Waals surface area contributed by atoms with Crippen LogP contribution in [0, 0.1) is 0 Å². The Bertz CT molecular complexity index is 1020. The van der Waals surface area contributed by atoms with Crippen LogP contribution in [0.4, 0.5) is 17.5 Å². The van der Waals surface area contributed by atoms with Crippen LogP contribution in [0.2, 0.25) is 0 Å². The molecular weight excluding hydrogens is 338 g/mol. The van der Waals surface area contributed by atoms with Gasteiger partial charge in [-0.3, -0.25) is 4.98 Å². The van der Waals surface area contributed by atoms with E-state index in [9.17, 15) is 8.42 Å². The van der Waals surface area contributed by atoms with Crippen molar-refractivity contribution in [1.29, 1.82) is 0 Å². The minimum Gasteiger partial charge on any atom is -0.350 e. The topological polar surface area (TPSA) is 96.9 Å². The molecule has 1 aromatic carbocycles. The number of nitrogens with zero attached hydrogens (tertiary/aromatic N) is 3. The molecule has 3 aromatic rings. The molecule has 2 N–H and O–H groups in total. The molecule has 1 fully saturated rings. The highest BCUT2D eigenvalue weighted by Gasteiger charge is 2.28. The summed E-state index contributed by atoms with van der Waals surface area (Å²) in [6.45, 7) is 0. The maximum absolute atomic E-state index is 11.6. The number of pyridine rings is 1. The molecule has 0 aliphatic carbocycles. The first-order valence-electron chi connectivity index (χ1n) is 8.00. The van der Waals surface area contributed by atoms with Crippen molar-refractivity contribution in [1.82, 2.24) is 15.0 Å². The molecule has 25 heavy (non-hydrogen) atoms. The normalized spacial score (nSPS) is 19.0. The van der Waals surface area contributed by atoms with Crippen molar-refractivity contribution in [3.05, 3.63) is 48.8 Å². The summed E-state index contributed by atoms with van der Waals surface area (Å²) in [6.07, 6.45) is 3.97. The number of benzene rings is 1. The van der Waals surface area contributed by atoms with Gasteiger partial charge >= 0.3 is 0 Å². The van der Waals surface area contributed by atoms with Crippen molar-refractivity contribution in [3.8, 4) is 0 Å². The van der Waals surface area contributed by atoms with Crippen LogP contribution >= 0.6 is 0 Å². The average molecular weight is 355 g/mol. The highest BCUT2D eigenvalue weighted by atomic mass is 32.2. The number of hydrogen-bond acceptors (Lipinski definition) is 7. The number of hydrogen-bond donors (Lipinski definition) is 2. The van der Waals surface area contributed by atoms with Gasteiger partial charge in [0, 0.05) is 23.8 Å². The molecule has 0 bridgehead atoms. The van der Waals surface area contributed by atoms with E-state index in [-0.39, 0.29) is 17.5 Å². The summed E-state index contributed by atoms with van der Waals surface area (Å²) in [5, 5.41) is 7.40. The summed E-state index contributed by atoms with van der Waals surface area (Å²) >= 11 is 0. The van der Waals surface area contributed by atoms with Gasteiger partial charge in [0.25, 0.3) is 0 Å². The molecule has 1 unspecified atom stereocenters. The van der Waals surface area contributed by atoms with Crippen molar-refractivity contribution in [2.24, 2.45) is 0 Å². The summed E-state index contributed by atoms with van der Waals surface area (Å²) in [6, 6.07) is 11.4. The highest BCUT2D eigenvalue weighted by molar-refractivity contribution is 7.91. The number of rotatable bonds is 4. The van der Waals surface area contributed by atoms with Crippen LogP contribution in [0.5, 0.6) is 0 Å². The first kappa shape index (κ1) is 15.8. The Morgan fingerprint density at radius 3 is 2.76 bits per heavy atom. The third kappa shape index (κ3) is 3.53. The summed E-state index contributed by atoms with van der Waals surface area (Å²) in [5.41, 5.74) is 1.71. The van der Waals surface area contributed by atoms with Crippen molar-refractivity contribution in [3.63, 3.8) is 0 Å². The predicted octanol–water partition coefficient (Wildman–Crippen LogP) is 2.37. The molecule has 1 aliphatic heterocycles. The van der Waals surface area contributed by atoms with Crippen LogP contribution < -0.4 is 10.6 Å². The molecule has 1 atom stereocenters. The summed E-state index contributed by atoms with van der Waals surface area (Å²) < 4.78 is 23.1. The molecule has 4 rings (SSSR count). The molecule has 0 radical (unpaired) electrons. The number of nitrogens with one attached hydrogen (secondary N) is 2. The van der Waals surface area contributed by atoms with E-state index in [1.54, 1.807) is 18.5 Å². The number of aromatic nitrogens is 3. The molecule has 0 saturated carbocycles. The minimum absolute atomic E-state index is 0.126. The molecule has 1 aliphatic rings. The van der Waals surface area contributed by atoms with Crippen molar-refractivity contribution < 1.29 is 8.42 Å². The SMILES string of the molecule is O=S1(=O)CCC(Nc2nccc(Nc3cccc4cccnc34)n2)C1. The van der Waals surface area contributed by atoms with E-state index in [0.717, 1.165) is 16.6 Å². The Morgan fingerprint density at radius 2 is 1.92 bits per heavy atom. The first-order chi connectivity index (χ1) is 12.1. The molecule has 7 nitrogen and oxygen atoms in total. The minimum atomic E-state index is -2.94. The molecule has 0 amide bonds. The number of fused-ring (bicyclic) bond motifs is 1. The van der Waals surface area contributed by atoms with Gasteiger partial charge in [-0.05, 0) is 24.6 Å². The van der Waals surface area contributed by atoms with Gasteiger partial charge < -0.3 is 10.6 Å². The Kier molecular flexibility index (Phi) is 3.96. The third-order valence-electron chi connectivity index (χ3n) is 4.12. The van der Waals surface area contributed by atoms with Gasteiger partial charge in [0.15, 0.2) is 9.84 Å². The van der Waals surface area contributed by atoms with Gasteiger partial charge in [-0.15, -0.1) is 0 Å². The number of para-hydroxylation sites is 1. The van der Waals surface area contributed by atoms with Crippen molar-refractivity contribution >= 4 is 38.2 Å². The fraction of sp³-hybridized carbons (Fsp3) is 0.235. The van der Waals surface area contributed by atoms with Gasteiger partial charge in [-0.2, -0.15) is 4.98 Å². The standard InChI is InChI=1S/C17H17N5O2S/c23-25(24)10-7-13(11-25)20-17-19-9-6-15(22-17)21-14-5-1-3-12-4-2-8-18-16(12)14/h1-6,8-9,13H,7,10-11H2,(H2,19,20,21,22). The fourth-order valence-corrected chi connectivity index (χ4v) is 4.61. The quantitative estimate of drug-likeness (QED) is 0.741. The van der Waals surface area contributed by atoms with Gasteiger partial charge in [0.05, 0.1) is 22.7 Å². The molecule has 128 valence electrons. The van der Waals surface area contributed by atoms with Crippen LogP contribution in [0.15, 0.2) is 48.8 Å². The zero-order valence-corrected chi connectivity index (χ0v) is 14.2. The van der Waals surface area contributed by atoms with E-state index < -0.39 is 9.84 Å². The molecule has 1 saturated heterocycles. The van der Waals surface area contributed by atoms with Crippen molar-refractivity contribution in [2.75, 3.05) is 22.1 Å². The van der Waals surface area contributed by atoms with Crippen LogP contribution in [0.25, 0.3) is 10.9 Å². The fourth-order valence-electron chi connectivity index (χ4n) is 2.93. The summed E-state index contributed by atoms with van der Waals surface area (Å²) in [5.74, 6) is 1.38. The number of anilines is 3. The summed E-state index contributed by atoms with van der Waals surface area (Å²) in [4.78, 5) is 13.0. The van der Waals surface area contributed by atoms with E-state index in [1.807, 2.05) is 30.3 Å². The van der Waals surface area contributed by atoms with Crippen LogP contribution in [-0.2, 0) is 9.84 Å². The largest absolute Gasteiger partial charge is 0.350 e. The second kappa shape index (κ2) is 6.29. The van der Waals surface area contributed by atoms with Crippen LogP contribution in [0.1, 0.15) is 6.42 Å². The maximum Gasteiger partial charge on any atom is 0.224 e. The lowest BCUT2D eigenvalue weighted by molar-refractivity contribution is 0.602. The summed E-state index contributed by atoms with van der Waals surface area (Å²) in [7, 11) is -2.94. The van der Waals surface area contributed by atoms with Crippen LogP contribution in [0.3, 0.4) is 0 Å². The van der Waals surface area contributed by atoms with E-state index in [4.69, 9.17) is 0 Å².